The van der Waals surface area contributed by atoms with Gasteiger partial charge in [0.2, 0.25) is 0 Å². The predicted molar refractivity (Wildman–Crippen MR) is 121 cm³/mol. The summed E-state index contributed by atoms with van der Waals surface area (Å²) in [6, 6.07) is 17.0. The van der Waals surface area contributed by atoms with E-state index in [4.69, 9.17) is 16.7 Å². The summed E-state index contributed by atoms with van der Waals surface area (Å²) in [6.45, 7) is 0.642. The van der Waals surface area contributed by atoms with Crippen molar-refractivity contribution in [2.45, 2.75) is 13.0 Å². The molecule has 3 rings (SSSR count). The average molecular weight is 489 g/mol. The Morgan fingerprint density at radius 2 is 1.83 bits per heavy atom. The molecule has 30 heavy (non-hydrogen) atoms. The largest absolute Gasteiger partial charge is 0.481 e. The fourth-order valence-corrected chi connectivity index (χ4v) is 3.23. The van der Waals surface area contributed by atoms with Crippen LogP contribution in [-0.4, -0.2) is 28.5 Å². The van der Waals surface area contributed by atoms with Crippen LogP contribution < -0.4 is 10.6 Å². The maximum atomic E-state index is 12.1. The van der Waals surface area contributed by atoms with Gasteiger partial charge in [-0.05, 0) is 53.6 Å². The zero-order valence-electron chi connectivity index (χ0n) is 15.9. The molecule has 0 saturated carbocycles. The van der Waals surface area contributed by atoms with Crippen molar-refractivity contribution < 1.29 is 14.7 Å². The standard InChI is InChI=1S/C22H19BrClN3O3/c23-16-3-6-18(7-4-16)26-12-14-1-5-17(24)11-19(14)15-2-8-20(27-13-15)22(30)25-10-9-21(28)29/h1-8,11,13,26H,9-10,12H2,(H,25,30)(H,28,29). The van der Waals surface area contributed by atoms with E-state index in [1.54, 1.807) is 18.3 Å². The molecule has 0 radical (unpaired) electrons. The molecule has 0 aliphatic rings. The second kappa shape index (κ2) is 10.2. The zero-order valence-corrected chi connectivity index (χ0v) is 18.2. The van der Waals surface area contributed by atoms with Crippen LogP contribution in [0.2, 0.25) is 5.02 Å². The molecule has 0 aliphatic carbocycles. The molecule has 0 spiro atoms. The number of anilines is 1. The number of carboxylic acid groups (broad SMARTS) is 1. The van der Waals surface area contributed by atoms with Crippen molar-refractivity contribution in [1.29, 1.82) is 0 Å². The van der Waals surface area contributed by atoms with Crippen molar-refractivity contribution in [1.82, 2.24) is 10.3 Å². The Morgan fingerprint density at radius 3 is 2.50 bits per heavy atom. The van der Waals surface area contributed by atoms with Crippen molar-refractivity contribution in [3.8, 4) is 11.1 Å². The van der Waals surface area contributed by atoms with Gasteiger partial charge in [-0.2, -0.15) is 0 Å². The molecule has 1 aromatic heterocycles. The lowest BCUT2D eigenvalue weighted by Gasteiger charge is -2.13. The summed E-state index contributed by atoms with van der Waals surface area (Å²) >= 11 is 9.63. The number of halogens is 2. The minimum absolute atomic E-state index is 0.0533. The van der Waals surface area contributed by atoms with Crippen molar-refractivity contribution in [3.63, 3.8) is 0 Å². The molecule has 2 aromatic carbocycles. The summed E-state index contributed by atoms with van der Waals surface area (Å²) < 4.78 is 1.01. The van der Waals surface area contributed by atoms with E-state index in [2.05, 4.69) is 31.5 Å². The Labute approximate surface area is 187 Å². The van der Waals surface area contributed by atoms with Gasteiger partial charge in [-0.25, -0.2) is 0 Å². The van der Waals surface area contributed by atoms with Gasteiger partial charge in [0.25, 0.3) is 5.91 Å². The van der Waals surface area contributed by atoms with Crippen LogP contribution >= 0.6 is 27.5 Å². The molecule has 6 nitrogen and oxygen atoms in total. The number of aliphatic carboxylic acids is 1. The van der Waals surface area contributed by atoms with Crippen molar-refractivity contribution in [3.05, 3.63) is 81.5 Å². The number of nitrogens with one attached hydrogen (secondary N) is 2. The minimum atomic E-state index is -0.969. The van der Waals surface area contributed by atoms with Gasteiger partial charge in [-0.1, -0.05) is 39.7 Å². The van der Waals surface area contributed by atoms with Gasteiger partial charge in [-0.15, -0.1) is 0 Å². The molecule has 0 saturated heterocycles. The highest BCUT2D eigenvalue weighted by Crippen LogP contribution is 2.28. The quantitative estimate of drug-likeness (QED) is 0.416. The number of pyridine rings is 1. The topological polar surface area (TPSA) is 91.3 Å². The molecule has 0 bridgehead atoms. The molecular weight excluding hydrogens is 470 g/mol. The smallest absolute Gasteiger partial charge is 0.305 e. The molecule has 8 heteroatoms. The number of amides is 1. The van der Waals surface area contributed by atoms with Gasteiger partial charge < -0.3 is 15.7 Å². The first-order chi connectivity index (χ1) is 14.4. The summed E-state index contributed by atoms with van der Waals surface area (Å²) in [5, 5.41) is 15.2. The fourth-order valence-electron chi connectivity index (χ4n) is 2.80. The number of rotatable bonds is 8. The molecule has 1 amide bonds. The van der Waals surface area contributed by atoms with Gasteiger partial charge >= 0.3 is 5.97 Å². The third-order valence-corrected chi connectivity index (χ3v) is 5.09. The van der Waals surface area contributed by atoms with E-state index in [0.717, 1.165) is 26.9 Å². The number of nitrogens with zero attached hydrogens (tertiary/aromatic N) is 1. The lowest BCUT2D eigenvalue weighted by atomic mass is 10.0. The molecule has 3 N–H and O–H groups in total. The second-order valence-corrected chi connectivity index (χ2v) is 7.85. The first kappa shape index (κ1) is 21.8. The molecular formula is C22H19BrClN3O3. The monoisotopic (exact) mass is 487 g/mol. The van der Waals surface area contributed by atoms with E-state index < -0.39 is 11.9 Å². The van der Waals surface area contributed by atoms with Gasteiger partial charge in [0, 0.05) is 40.0 Å². The fraction of sp³-hybridized carbons (Fsp3) is 0.136. The number of hydrogen-bond acceptors (Lipinski definition) is 4. The minimum Gasteiger partial charge on any atom is -0.481 e. The summed E-state index contributed by atoms with van der Waals surface area (Å²) in [6.07, 6.45) is 1.47. The maximum Gasteiger partial charge on any atom is 0.305 e. The van der Waals surface area contributed by atoms with Crippen LogP contribution in [0.4, 0.5) is 5.69 Å². The number of hydrogen-bond donors (Lipinski definition) is 3. The van der Waals surface area contributed by atoms with Crippen molar-refractivity contribution >= 4 is 45.1 Å². The second-order valence-electron chi connectivity index (χ2n) is 6.49. The highest BCUT2D eigenvalue weighted by molar-refractivity contribution is 9.10. The average Bonchev–Trinajstić information content (AvgIpc) is 2.74. The zero-order chi connectivity index (χ0) is 21.5. The van der Waals surface area contributed by atoms with E-state index >= 15 is 0 Å². The summed E-state index contributed by atoms with van der Waals surface area (Å²) in [5.41, 5.74) is 3.98. The molecule has 0 atom stereocenters. The Balaban J connectivity index is 1.74. The van der Waals surface area contributed by atoms with Crippen molar-refractivity contribution in [2.75, 3.05) is 11.9 Å². The van der Waals surface area contributed by atoms with Crippen LogP contribution in [0.1, 0.15) is 22.5 Å². The van der Waals surface area contributed by atoms with Crippen LogP contribution in [0.3, 0.4) is 0 Å². The number of carbonyl (C=O) groups is 2. The Bertz CT molecular complexity index is 1040. The number of benzene rings is 2. The van der Waals surface area contributed by atoms with E-state index in [1.165, 1.54) is 0 Å². The van der Waals surface area contributed by atoms with Crippen molar-refractivity contribution in [2.24, 2.45) is 0 Å². The molecule has 0 unspecified atom stereocenters. The lowest BCUT2D eigenvalue weighted by Crippen LogP contribution is -2.26. The van der Waals surface area contributed by atoms with E-state index in [-0.39, 0.29) is 18.7 Å². The Morgan fingerprint density at radius 1 is 1.07 bits per heavy atom. The molecule has 3 aromatic rings. The van der Waals surface area contributed by atoms with Gasteiger partial charge in [0.1, 0.15) is 5.69 Å². The predicted octanol–water partition coefficient (Wildman–Crippen LogP) is 4.98. The van der Waals surface area contributed by atoms with E-state index in [1.807, 2.05) is 42.5 Å². The van der Waals surface area contributed by atoms with Gasteiger partial charge in [-0.3, -0.25) is 14.6 Å². The lowest BCUT2D eigenvalue weighted by molar-refractivity contribution is -0.136. The number of aromatic nitrogens is 1. The normalized spacial score (nSPS) is 10.5. The van der Waals surface area contributed by atoms with Crippen LogP contribution in [0.25, 0.3) is 11.1 Å². The van der Waals surface area contributed by atoms with Crippen LogP contribution in [0.5, 0.6) is 0 Å². The summed E-state index contributed by atoms with van der Waals surface area (Å²) in [4.78, 5) is 26.9. The van der Waals surface area contributed by atoms with E-state index in [9.17, 15) is 9.59 Å². The Kier molecular flexibility index (Phi) is 7.43. The van der Waals surface area contributed by atoms with Gasteiger partial charge in [0.15, 0.2) is 0 Å². The van der Waals surface area contributed by atoms with Crippen LogP contribution in [0, 0.1) is 0 Å². The maximum absolute atomic E-state index is 12.1. The SMILES string of the molecule is O=C(O)CCNC(=O)c1ccc(-c2cc(Cl)ccc2CNc2ccc(Br)cc2)cn1. The number of carbonyl (C=O) groups excluding carboxylic acids is 1. The number of carboxylic acids is 1. The van der Waals surface area contributed by atoms with Gasteiger partial charge in [0.05, 0.1) is 6.42 Å². The molecule has 0 fully saturated rings. The molecule has 1 heterocycles. The molecule has 0 aliphatic heterocycles. The third-order valence-electron chi connectivity index (χ3n) is 4.33. The highest BCUT2D eigenvalue weighted by atomic mass is 79.9. The van der Waals surface area contributed by atoms with Crippen LogP contribution in [-0.2, 0) is 11.3 Å². The summed E-state index contributed by atoms with van der Waals surface area (Å²) in [5.74, 6) is -1.38. The van der Waals surface area contributed by atoms with Crippen LogP contribution in [0.15, 0.2) is 65.3 Å². The summed E-state index contributed by atoms with van der Waals surface area (Å²) in [7, 11) is 0. The Hall–Kier alpha value is -2.90. The third kappa shape index (κ3) is 6.05. The first-order valence-corrected chi connectivity index (χ1v) is 10.3. The molecule has 154 valence electrons. The van der Waals surface area contributed by atoms with E-state index in [0.29, 0.717) is 11.6 Å². The first-order valence-electron chi connectivity index (χ1n) is 9.16. The highest BCUT2D eigenvalue weighted by Gasteiger charge is 2.11.